The molecule has 0 amide bonds. The quantitative estimate of drug-likeness (QED) is 0.0807. The van der Waals surface area contributed by atoms with Crippen LogP contribution in [0, 0.1) is 55.4 Å². The number of hydrogen-bond acceptors (Lipinski definition) is 16. The molecule has 0 unspecified atom stereocenters. The number of nitrogens with zero attached hydrogens (tertiary/aromatic N) is 3. The number of aryl methyl sites for hydroxylation is 8. The molecule has 0 atom stereocenters. The van der Waals surface area contributed by atoms with Crippen LogP contribution in [0.15, 0.2) is 141 Å². The molecule has 110 heavy (non-hydrogen) atoms. The van der Waals surface area contributed by atoms with E-state index < -0.39 is 53.8 Å². The van der Waals surface area contributed by atoms with Gasteiger partial charge in [-0.05, 0) is 339 Å². The Hall–Kier alpha value is -7.11. The first-order chi connectivity index (χ1) is 50.3. The number of aromatic nitrogens is 3. The van der Waals surface area contributed by atoms with Gasteiger partial charge in [-0.3, -0.25) is 15.0 Å². The van der Waals surface area contributed by atoms with Gasteiger partial charge in [-0.1, -0.05) is 84.9 Å². The van der Waals surface area contributed by atoms with Crippen LogP contribution in [0.2, 0.25) is 10.0 Å². The number of halogens is 5. The Kier molecular flexibility index (Phi) is 32.0. The zero-order valence-electron chi connectivity index (χ0n) is 68.8. The number of pyridine rings is 3. The van der Waals surface area contributed by atoms with E-state index in [-0.39, 0.29) is 35.1 Å². The van der Waals surface area contributed by atoms with Gasteiger partial charge in [0.15, 0.2) is 0 Å². The highest BCUT2D eigenvalue weighted by atomic mass is 79.9. The van der Waals surface area contributed by atoms with Gasteiger partial charge < -0.3 is 42.7 Å². The molecule has 0 saturated carbocycles. The molecule has 2 saturated heterocycles. The molecule has 590 valence electrons. The molecule has 5 heterocycles. The van der Waals surface area contributed by atoms with E-state index in [0.29, 0.717) is 37.9 Å². The molecule has 8 aromatic rings. The van der Waals surface area contributed by atoms with Gasteiger partial charge in [-0.2, -0.15) is 0 Å². The minimum Gasteiger partial charge on any atom is -0.478 e. The van der Waals surface area contributed by atoms with Crippen LogP contribution < -0.4 is 10.9 Å². The molecular weight excluding hydrogens is 1630 g/mol. The predicted molar refractivity (Wildman–Crippen MR) is 453 cm³/mol. The van der Waals surface area contributed by atoms with Gasteiger partial charge in [-0.15, -0.1) is 0 Å². The van der Waals surface area contributed by atoms with Crippen LogP contribution in [0.25, 0.3) is 22.3 Å². The number of hydrogen-bond donors (Lipinski definition) is 1. The number of carboxylic acid groups (broad SMARTS) is 1. The van der Waals surface area contributed by atoms with Crippen LogP contribution in [0.4, 0.5) is 0 Å². The summed E-state index contributed by atoms with van der Waals surface area (Å²) < 4.78 is 49.0. The van der Waals surface area contributed by atoms with Gasteiger partial charge in [0.1, 0.15) is 22.4 Å². The predicted octanol–water partition coefficient (Wildman–Crippen LogP) is 21.8. The lowest BCUT2D eigenvalue weighted by molar-refractivity contribution is 0.00569. The van der Waals surface area contributed by atoms with Crippen molar-refractivity contribution in [2.24, 2.45) is 0 Å². The van der Waals surface area contributed by atoms with Crippen molar-refractivity contribution in [1.82, 2.24) is 15.0 Å². The molecule has 10 rings (SSSR count). The van der Waals surface area contributed by atoms with E-state index in [4.69, 9.17) is 65.9 Å². The number of carbonyl (C=O) groups is 5. The Bertz CT molecular complexity index is 4620. The average molecular weight is 1740 g/mol. The minimum absolute atomic E-state index is 0.280. The average Bonchev–Trinajstić information content (AvgIpc) is 1.60. The zero-order chi connectivity index (χ0) is 83.5. The van der Waals surface area contributed by atoms with Crippen LogP contribution in [0.1, 0.15) is 235 Å². The van der Waals surface area contributed by atoms with E-state index >= 15 is 0 Å². The van der Waals surface area contributed by atoms with Gasteiger partial charge in [-0.25, -0.2) is 24.0 Å². The first-order valence-corrected chi connectivity index (χ1v) is 39.0. The summed E-state index contributed by atoms with van der Waals surface area (Å²) in [5, 5.41) is 9.92. The fourth-order valence-corrected chi connectivity index (χ4v) is 11.5. The highest BCUT2D eigenvalue weighted by molar-refractivity contribution is 9.11. The molecule has 24 heteroatoms. The second-order valence-electron chi connectivity index (χ2n) is 33.0. The number of carbonyl (C=O) groups excluding carboxylic acids is 4. The van der Waals surface area contributed by atoms with Crippen LogP contribution in [0.3, 0.4) is 0 Å². The first-order valence-electron chi connectivity index (χ1n) is 35.9. The number of ether oxygens (including phenoxy) is 4. The van der Waals surface area contributed by atoms with E-state index in [0.717, 1.165) is 91.5 Å². The maximum Gasteiger partial charge on any atom is 0.496 e. The Morgan fingerprint density at radius 3 is 0.982 bits per heavy atom. The molecule has 1 N–H and O–H groups in total. The van der Waals surface area contributed by atoms with Gasteiger partial charge in [0.25, 0.3) is 0 Å². The summed E-state index contributed by atoms with van der Waals surface area (Å²) in [5.41, 5.74) is 12.1. The minimum atomic E-state index is -0.888. The lowest BCUT2D eigenvalue weighted by atomic mass is 9.76. The number of carboxylic acids is 1. The van der Waals surface area contributed by atoms with Crippen molar-refractivity contribution in [3.63, 3.8) is 0 Å². The molecule has 0 aliphatic carbocycles. The number of aromatic carboxylic acids is 1. The highest BCUT2D eigenvalue weighted by Gasteiger charge is 2.53. The Morgan fingerprint density at radius 2 is 0.664 bits per heavy atom. The molecule has 5 aromatic carbocycles. The fourth-order valence-electron chi connectivity index (χ4n) is 10.2. The van der Waals surface area contributed by atoms with Crippen molar-refractivity contribution in [2.75, 3.05) is 0 Å². The summed E-state index contributed by atoms with van der Waals surface area (Å²) in [6.45, 7) is 53.9. The normalized spacial score (nSPS) is 14.6. The standard InChI is InChI=1S/C24H32BNO4.C18H27BO4.C18H20ClNO2.C12H15BrO2.C8H7BrO2.C6H5BrClN/c1-15-12-17(21(27)28-22(3,4)5)10-11-19(15)18-13-20(16(2)26-14-18)25-29-23(6,7)24(8,9)30-25;1-12-11-13(15(20)21-16(2,3)4)9-10-14(12)19-22-17(5,6)18(7,8)23-19;1-11-8-13(17(21)22-18(3,4)5)6-7-15(11)14-9-16(19)12(2)20-10-14;1-8-7-9(5-6-10(8)13)11(14)15-12(2,3)4;1-5-4-6(8(10)11)2-3-7(5)9;1-4-6(8)2-5(7)3-9-4/h10-14H,1-9H3;9-11H,1-8H3;6-10H,1-5H3;5-7H,1-4H3;2-4H,1H3,(H,10,11);2-3H,1H3. The molecule has 0 spiro atoms. The van der Waals surface area contributed by atoms with Crippen LogP contribution in [0.5, 0.6) is 0 Å². The molecule has 0 bridgehead atoms. The third-order valence-corrected chi connectivity index (χ3v) is 20.6. The van der Waals surface area contributed by atoms with Crippen molar-refractivity contribution in [1.29, 1.82) is 0 Å². The summed E-state index contributed by atoms with van der Waals surface area (Å²) in [4.78, 5) is 71.7. The third kappa shape index (κ3) is 27.6. The topological polar surface area (TPSA) is 218 Å². The molecule has 0 radical (unpaired) electrons. The maximum atomic E-state index is 12.4. The highest BCUT2D eigenvalue weighted by Crippen LogP contribution is 2.39. The number of benzene rings is 5. The SMILES string of the molecule is Cc1cc(C(=O)O)ccc1Br.Cc1cc(C(=O)OC(C)(C)C)ccc1-c1cnc(C)c(B2OC(C)(C)C(C)(C)O2)c1.Cc1cc(C(=O)OC(C)(C)C)ccc1-c1cnc(C)c(Cl)c1.Cc1cc(C(=O)OC(C)(C)C)ccc1B1OC(C)(C)C(C)(C)O1.Cc1cc(C(=O)OC(C)(C)C)ccc1Br.Cc1ncc(Br)cc1Cl. The number of esters is 4. The van der Waals surface area contributed by atoms with Gasteiger partial charge in [0.2, 0.25) is 0 Å². The fraction of sp³-hybridized carbons (Fsp3) is 0.419. The summed E-state index contributed by atoms with van der Waals surface area (Å²) >= 11 is 21.8. The van der Waals surface area contributed by atoms with Crippen LogP contribution in [-0.4, -0.2) is 109 Å². The van der Waals surface area contributed by atoms with Crippen LogP contribution in [-0.2, 0) is 37.6 Å². The van der Waals surface area contributed by atoms with Crippen molar-refractivity contribution >= 4 is 126 Å². The van der Waals surface area contributed by atoms with E-state index in [1.165, 1.54) is 0 Å². The Morgan fingerprint density at radius 1 is 0.373 bits per heavy atom. The molecule has 2 fully saturated rings. The molecule has 2 aliphatic rings. The van der Waals surface area contributed by atoms with E-state index in [1.807, 2.05) is 261 Å². The van der Waals surface area contributed by atoms with Crippen molar-refractivity contribution in [3.05, 3.63) is 224 Å². The summed E-state index contributed by atoms with van der Waals surface area (Å²) in [6, 6.07) is 32.7. The molecule has 17 nitrogen and oxygen atoms in total. The molecular formula is C86H106B2Br3Cl2N3O14. The maximum absolute atomic E-state index is 12.4. The lowest BCUT2D eigenvalue weighted by Crippen LogP contribution is -2.41. The van der Waals surface area contributed by atoms with E-state index in [1.54, 1.807) is 54.9 Å². The van der Waals surface area contributed by atoms with Gasteiger partial charge in [0, 0.05) is 48.7 Å². The summed E-state index contributed by atoms with van der Waals surface area (Å²) in [6.07, 6.45) is 5.36. The second-order valence-corrected chi connectivity index (χ2v) is 36.4. The second kappa shape index (κ2) is 37.7. The van der Waals surface area contributed by atoms with Crippen molar-refractivity contribution < 1.29 is 66.6 Å². The first kappa shape index (κ1) is 93.5. The summed E-state index contributed by atoms with van der Waals surface area (Å²) in [7, 11) is -0.892. The Labute approximate surface area is 687 Å². The molecule has 3 aromatic heterocycles. The number of rotatable bonds is 9. The molecule has 2 aliphatic heterocycles. The lowest BCUT2D eigenvalue weighted by Gasteiger charge is -2.32. The van der Waals surface area contributed by atoms with Gasteiger partial charge >= 0.3 is 44.1 Å². The Balaban J connectivity index is 0.000000246. The monoisotopic (exact) mass is 1730 g/mol. The van der Waals surface area contributed by atoms with Crippen molar-refractivity contribution in [3.8, 4) is 22.3 Å². The largest absolute Gasteiger partial charge is 0.496 e. The van der Waals surface area contributed by atoms with E-state index in [2.05, 4.69) is 68.8 Å². The van der Waals surface area contributed by atoms with Gasteiger partial charge in [0.05, 0.1) is 71.7 Å². The third-order valence-electron chi connectivity index (χ3n) is 17.6. The zero-order valence-corrected chi connectivity index (χ0v) is 75.0. The van der Waals surface area contributed by atoms with Crippen LogP contribution >= 0.6 is 71.0 Å². The smallest absolute Gasteiger partial charge is 0.478 e. The van der Waals surface area contributed by atoms with E-state index in [9.17, 15) is 24.0 Å². The summed E-state index contributed by atoms with van der Waals surface area (Å²) in [5.74, 6) is -2.13. The van der Waals surface area contributed by atoms with Crippen molar-refractivity contribution in [2.45, 2.75) is 239 Å².